The van der Waals surface area contributed by atoms with E-state index in [0.29, 0.717) is 6.08 Å². The number of nitrogens with zero attached hydrogens (tertiary/aromatic N) is 3. The second kappa shape index (κ2) is 11.7. The van der Waals surface area contributed by atoms with Crippen molar-refractivity contribution >= 4 is 12.6 Å². The fraction of sp³-hybridized carbons (Fsp3) is 0.556. The summed E-state index contributed by atoms with van der Waals surface area (Å²) in [5, 5.41) is 3.40. The van der Waals surface area contributed by atoms with Crippen LogP contribution in [0.1, 0.15) is 12.8 Å². The maximum absolute atomic E-state index is 13.9. The Morgan fingerprint density at radius 3 is 2.50 bits per heavy atom. The fourth-order valence-electron chi connectivity index (χ4n) is 2.95. The lowest BCUT2D eigenvalue weighted by Gasteiger charge is -2.41. The predicted molar refractivity (Wildman–Crippen MR) is 101 cm³/mol. The van der Waals surface area contributed by atoms with Gasteiger partial charge in [0.1, 0.15) is 24.5 Å². The lowest BCUT2D eigenvalue weighted by molar-refractivity contribution is -0.160. The van der Waals surface area contributed by atoms with Gasteiger partial charge in [0, 0.05) is 38.3 Å². The summed E-state index contributed by atoms with van der Waals surface area (Å²) in [5.41, 5.74) is 8.23. The zero-order valence-electron chi connectivity index (χ0n) is 16.3. The van der Waals surface area contributed by atoms with Crippen LogP contribution in [0.5, 0.6) is 0 Å². The molecule has 0 spiro atoms. The molecule has 1 fully saturated rings. The Balaban J connectivity index is 2.74. The van der Waals surface area contributed by atoms with Crippen LogP contribution in [0.4, 0.5) is 26.3 Å². The molecule has 6 nitrogen and oxygen atoms in total. The smallest absolute Gasteiger partial charge is 0.338 e. The van der Waals surface area contributed by atoms with E-state index in [0.717, 1.165) is 11.0 Å². The van der Waals surface area contributed by atoms with Crippen molar-refractivity contribution < 1.29 is 31.1 Å². The third kappa shape index (κ3) is 8.57. The molecule has 0 saturated carbocycles. The molecule has 0 aromatic heterocycles. The topological polar surface area (TPSA) is 74.0 Å². The lowest BCUT2D eigenvalue weighted by atomic mass is 10.0. The predicted octanol–water partition coefficient (Wildman–Crippen LogP) is 2.56. The van der Waals surface area contributed by atoms with Crippen LogP contribution in [0.3, 0.4) is 0 Å². The van der Waals surface area contributed by atoms with Crippen LogP contribution < -0.4 is 11.2 Å². The highest BCUT2D eigenvalue weighted by molar-refractivity contribution is 5.77. The number of hydrazone groups is 1. The summed E-state index contributed by atoms with van der Waals surface area (Å²) < 4.78 is 77.1. The van der Waals surface area contributed by atoms with E-state index >= 15 is 0 Å². The number of hydrogen-bond acceptors (Lipinski definition) is 5. The molecule has 1 aliphatic heterocycles. The molecule has 1 unspecified atom stereocenters. The quantitative estimate of drug-likeness (QED) is 0.237. The Labute approximate surface area is 170 Å². The van der Waals surface area contributed by atoms with Crippen molar-refractivity contribution in [1.82, 2.24) is 15.2 Å². The molecule has 3 N–H and O–H groups in total. The molecule has 1 amide bonds. The molecule has 0 aliphatic carbocycles. The fourth-order valence-corrected chi connectivity index (χ4v) is 2.95. The van der Waals surface area contributed by atoms with E-state index < -0.39 is 49.2 Å². The van der Waals surface area contributed by atoms with E-state index in [4.69, 9.17) is 5.73 Å². The Kier molecular flexibility index (Phi) is 10.1. The first-order valence-corrected chi connectivity index (χ1v) is 8.99. The van der Waals surface area contributed by atoms with Gasteiger partial charge in [0.15, 0.2) is 0 Å². The Morgan fingerprint density at radius 2 is 1.97 bits per heavy atom. The SMILES string of the molecule is C=C/C(CC(N)CC(=O)N1CCN(CC(F)(F)F)[C@H](NN=C)C1)=C(F)\C=C(\F)CF. The highest BCUT2D eigenvalue weighted by atomic mass is 19.4. The maximum Gasteiger partial charge on any atom is 0.401 e. The summed E-state index contributed by atoms with van der Waals surface area (Å²) >= 11 is 0. The average Bonchev–Trinajstić information content (AvgIpc) is 2.66. The zero-order chi connectivity index (χ0) is 22.9. The number of piperazine rings is 1. The minimum atomic E-state index is -4.41. The number of allylic oxidation sites excluding steroid dienone is 4. The first kappa shape index (κ1) is 25.7. The highest BCUT2D eigenvalue weighted by Crippen LogP contribution is 2.21. The number of alkyl halides is 4. The van der Waals surface area contributed by atoms with E-state index in [1.165, 1.54) is 4.90 Å². The molecule has 1 saturated heterocycles. The molecule has 12 heteroatoms. The number of halogens is 6. The molecule has 0 aromatic rings. The molecule has 2 atom stereocenters. The van der Waals surface area contributed by atoms with Crippen LogP contribution in [0, 0.1) is 0 Å². The van der Waals surface area contributed by atoms with E-state index in [9.17, 15) is 31.1 Å². The summed E-state index contributed by atoms with van der Waals surface area (Å²) in [6.45, 7) is 3.86. The number of hydrogen-bond donors (Lipinski definition) is 2. The van der Waals surface area contributed by atoms with Gasteiger partial charge in [-0.25, -0.2) is 13.2 Å². The second-order valence-electron chi connectivity index (χ2n) is 6.70. The van der Waals surface area contributed by atoms with Crippen molar-refractivity contribution in [3.05, 3.63) is 36.0 Å². The molecule has 0 aromatic carbocycles. The van der Waals surface area contributed by atoms with E-state index in [1.54, 1.807) is 0 Å². The van der Waals surface area contributed by atoms with Gasteiger partial charge in [-0.2, -0.15) is 18.3 Å². The van der Waals surface area contributed by atoms with Gasteiger partial charge < -0.3 is 10.6 Å². The van der Waals surface area contributed by atoms with Crippen molar-refractivity contribution in [2.75, 3.05) is 32.9 Å². The molecule has 170 valence electrons. The van der Waals surface area contributed by atoms with Crippen LogP contribution in [-0.4, -0.2) is 73.7 Å². The van der Waals surface area contributed by atoms with Gasteiger partial charge >= 0.3 is 6.18 Å². The number of nitrogens with two attached hydrogens (primary N) is 1. The van der Waals surface area contributed by atoms with Crippen LogP contribution in [-0.2, 0) is 4.79 Å². The molecule has 0 bridgehead atoms. The molecule has 0 radical (unpaired) electrons. The van der Waals surface area contributed by atoms with Crippen LogP contribution in [0.15, 0.2) is 41.1 Å². The van der Waals surface area contributed by atoms with Gasteiger partial charge in [-0.3, -0.25) is 15.1 Å². The third-order valence-corrected chi connectivity index (χ3v) is 4.35. The standard InChI is InChI=1S/C18H25F6N5O/c1-3-12(15(21)7-13(20)9-19)6-14(25)8-17(30)28-4-5-29(11-18(22,23)24)16(10-28)27-26-2/h3,7,14,16,27H,1-2,4-6,8-11,25H2/b13-7+,15-12-/t14?,16-/m0/s1. The lowest BCUT2D eigenvalue weighted by Crippen LogP contribution is -2.61. The van der Waals surface area contributed by atoms with Gasteiger partial charge in [0.2, 0.25) is 5.91 Å². The van der Waals surface area contributed by atoms with Crippen LogP contribution in [0.2, 0.25) is 0 Å². The van der Waals surface area contributed by atoms with Crippen molar-refractivity contribution in [3.8, 4) is 0 Å². The number of amides is 1. The maximum atomic E-state index is 13.9. The average molecular weight is 441 g/mol. The summed E-state index contributed by atoms with van der Waals surface area (Å²) in [6.07, 6.45) is -4.22. The summed E-state index contributed by atoms with van der Waals surface area (Å²) in [5.74, 6) is -2.80. The Hall–Kier alpha value is -2.34. The number of rotatable bonds is 10. The summed E-state index contributed by atoms with van der Waals surface area (Å²) in [7, 11) is 0. The minimum absolute atomic E-state index is 0.0416. The third-order valence-electron chi connectivity index (χ3n) is 4.35. The van der Waals surface area contributed by atoms with E-state index in [1.807, 2.05) is 0 Å². The number of carbonyl (C=O) groups excluding carboxylic acids is 1. The molecule has 1 heterocycles. The van der Waals surface area contributed by atoms with E-state index in [-0.39, 0.29) is 38.0 Å². The molecule has 1 aliphatic rings. The minimum Gasteiger partial charge on any atom is -0.338 e. The molecular weight excluding hydrogens is 416 g/mol. The Bertz CT molecular complexity index is 678. The number of nitrogens with one attached hydrogen (secondary N) is 1. The van der Waals surface area contributed by atoms with E-state index in [2.05, 4.69) is 23.8 Å². The normalized spacial score (nSPS) is 20.4. The van der Waals surface area contributed by atoms with Gasteiger partial charge in [-0.15, -0.1) is 0 Å². The summed E-state index contributed by atoms with van der Waals surface area (Å²) in [6, 6.07) is -0.866. The highest BCUT2D eigenvalue weighted by Gasteiger charge is 2.37. The molecule has 1 rings (SSSR count). The van der Waals surface area contributed by atoms with Crippen molar-refractivity contribution in [2.24, 2.45) is 10.8 Å². The zero-order valence-corrected chi connectivity index (χ0v) is 16.3. The molecular formula is C18H25F6N5O. The summed E-state index contributed by atoms with van der Waals surface area (Å²) in [4.78, 5) is 14.9. The first-order valence-electron chi connectivity index (χ1n) is 8.99. The van der Waals surface area contributed by atoms with Crippen molar-refractivity contribution in [1.29, 1.82) is 0 Å². The van der Waals surface area contributed by atoms with Crippen LogP contribution in [0.25, 0.3) is 0 Å². The van der Waals surface area contributed by atoms with Gasteiger partial charge in [0.25, 0.3) is 0 Å². The Morgan fingerprint density at radius 1 is 1.30 bits per heavy atom. The largest absolute Gasteiger partial charge is 0.401 e. The van der Waals surface area contributed by atoms with Crippen LogP contribution >= 0.6 is 0 Å². The van der Waals surface area contributed by atoms with Crippen molar-refractivity contribution in [2.45, 2.75) is 31.2 Å². The van der Waals surface area contributed by atoms with Crippen molar-refractivity contribution in [3.63, 3.8) is 0 Å². The van der Waals surface area contributed by atoms with Gasteiger partial charge in [-0.1, -0.05) is 12.7 Å². The number of carbonyl (C=O) groups is 1. The molecule has 30 heavy (non-hydrogen) atoms. The van der Waals surface area contributed by atoms with Gasteiger partial charge in [0.05, 0.1) is 13.1 Å². The second-order valence-corrected chi connectivity index (χ2v) is 6.70. The first-order chi connectivity index (χ1) is 14.0. The monoisotopic (exact) mass is 441 g/mol. The van der Waals surface area contributed by atoms with Gasteiger partial charge in [-0.05, 0) is 12.0 Å².